The second-order valence-corrected chi connectivity index (χ2v) is 13.7. The Kier molecular flexibility index (Phi) is 14.9. The van der Waals surface area contributed by atoms with Gasteiger partial charge in [-0.25, -0.2) is 0 Å². The van der Waals surface area contributed by atoms with E-state index in [1.54, 1.807) is 0 Å². The summed E-state index contributed by atoms with van der Waals surface area (Å²) < 4.78 is 0. The normalized spacial score (nSPS) is 26.1. The molecule has 0 spiro atoms. The van der Waals surface area contributed by atoms with E-state index in [0.29, 0.717) is 44.1 Å². The average Bonchev–Trinajstić information content (AvgIpc) is 2.94. The highest BCUT2D eigenvalue weighted by Crippen LogP contribution is 2.53. The molecule has 4 fully saturated rings. The van der Waals surface area contributed by atoms with Gasteiger partial charge in [-0.05, 0) is 94.4 Å². The molecule has 236 valence electrons. The zero-order chi connectivity index (χ0) is 29.6. The minimum Gasteiger partial charge on any atom is -0.356 e. The lowest BCUT2D eigenvalue weighted by molar-refractivity contribution is -0.127. The number of nitrogens with one attached hydrogen (secondary N) is 3. The summed E-state index contributed by atoms with van der Waals surface area (Å²) in [4.78, 5) is 40.4. The largest absolute Gasteiger partial charge is 0.356 e. The van der Waals surface area contributed by atoms with Gasteiger partial charge in [0.1, 0.15) is 0 Å². The van der Waals surface area contributed by atoms with Crippen molar-refractivity contribution in [1.29, 1.82) is 0 Å². The molecule has 3 amide bonds. The van der Waals surface area contributed by atoms with Crippen molar-refractivity contribution in [1.82, 2.24) is 20.9 Å². The fourth-order valence-electron chi connectivity index (χ4n) is 7.80. The van der Waals surface area contributed by atoms with Crippen molar-refractivity contribution in [3.63, 3.8) is 0 Å². The minimum atomic E-state index is -0.00242. The van der Waals surface area contributed by atoms with E-state index < -0.39 is 0 Å². The van der Waals surface area contributed by atoms with Gasteiger partial charge in [-0.2, -0.15) is 0 Å². The van der Waals surface area contributed by atoms with Gasteiger partial charge in [0.15, 0.2) is 0 Å². The summed E-state index contributed by atoms with van der Waals surface area (Å²) in [5.74, 6) is 3.53. The lowest BCUT2D eigenvalue weighted by Crippen LogP contribution is -2.57. The van der Waals surface area contributed by atoms with Crippen LogP contribution in [-0.4, -0.2) is 67.9 Å². The van der Waals surface area contributed by atoms with Crippen LogP contribution < -0.4 is 21.7 Å². The molecule has 4 aliphatic rings. The van der Waals surface area contributed by atoms with Gasteiger partial charge in [0.25, 0.3) is 0 Å². The highest BCUT2D eigenvalue weighted by atomic mass is 16.2. The number of rotatable bonds is 21. The first kappa shape index (κ1) is 33.8. The zero-order valence-corrected chi connectivity index (χ0v) is 26.4. The van der Waals surface area contributed by atoms with Crippen molar-refractivity contribution in [2.45, 2.75) is 117 Å². The van der Waals surface area contributed by atoms with E-state index >= 15 is 0 Å². The van der Waals surface area contributed by atoms with E-state index in [1.807, 2.05) is 13.8 Å². The number of nitrogens with two attached hydrogens (primary N) is 1. The Balaban J connectivity index is 1.42. The first-order chi connectivity index (χ1) is 19.8. The summed E-state index contributed by atoms with van der Waals surface area (Å²) >= 11 is 0. The van der Waals surface area contributed by atoms with E-state index in [9.17, 15) is 14.4 Å². The molecule has 4 rings (SSSR count). The molecule has 0 aliphatic heterocycles. The Morgan fingerprint density at radius 3 is 1.76 bits per heavy atom. The maximum absolute atomic E-state index is 13.3. The van der Waals surface area contributed by atoms with E-state index in [1.165, 1.54) is 44.9 Å². The number of hydrogen-bond donors (Lipinski definition) is 4. The lowest BCUT2D eigenvalue weighted by Gasteiger charge is -2.54. The van der Waals surface area contributed by atoms with Crippen molar-refractivity contribution in [2.24, 2.45) is 41.2 Å². The fourth-order valence-corrected chi connectivity index (χ4v) is 7.80. The average molecular weight is 576 g/mol. The maximum Gasteiger partial charge on any atom is 0.234 e. The molecule has 41 heavy (non-hydrogen) atoms. The van der Waals surface area contributed by atoms with Crippen molar-refractivity contribution < 1.29 is 14.4 Å². The van der Waals surface area contributed by atoms with Crippen LogP contribution in [0.3, 0.4) is 0 Å². The highest BCUT2D eigenvalue weighted by molar-refractivity contribution is 5.79. The van der Waals surface area contributed by atoms with Crippen molar-refractivity contribution >= 4 is 17.7 Å². The summed E-state index contributed by atoms with van der Waals surface area (Å²) in [6, 6.07) is 0.352. The summed E-state index contributed by atoms with van der Waals surface area (Å²) in [6.07, 6.45) is 15.4. The molecule has 4 bridgehead atoms. The molecule has 0 heterocycles. The standard InChI is InChI=1S/C33H61N5O3/c1-4-5-6-11-24(2)32(40)35-14-9-16-38(17-10-15-36-33(41)25(3)12-7-8-13-34)23-30(39)37-31-28-19-26-18-27(21-28)22-29(31)20-26/h24-29,31H,4-23,34H2,1-3H3,(H,35,40)(H,36,41)(H,37,39)/t24?,25-,26?,27?,28?,29?,31?/m0/s1. The molecule has 0 aromatic rings. The van der Waals surface area contributed by atoms with Crippen LogP contribution in [0.2, 0.25) is 0 Å². The summed E-state index contributed by atoms with van der Waals surface area (Å²) in [6.45, 7) is 9.96. The Morgan fingerprint density at radius 1 is 0.756 bits per heavy atom. The Hall–Kier alpha value is -1.67. The van der Waals surface area contributed by atoms with Crippen LogP contribution in [0.5, 0.6) is 0 Å². The van der Waals surface area contributed by atoms with Gasteiger partial charge in [-0.3, -0.25) is 19.3 Å². The Labute approximate surface area is 250 Å². The Bertz CT molecular complexity index is 742. The van der Waals surface area contributed by atoms with Crippen LogP contribution in [0.4, 0.5) is 0 Å². The van der Waals surface area contributed by atoms with Crippen LogP contribution in [0.15, 0.2) is 0 Å². The van der Waals surface area contributed by atoms with Gasteiger partial charge >= 0.3 is 0 Å². The minimum absolute atomic E-state index is 0.00242. The van der Waals surface area contributed by atoms with Gasteiger partial charge in [0.05, 0.1) is 6.54 Å². The summed E-state index contributed by atoms with van der Waals surface area (Å²) in [5.41, 5.74) is 5.57. The second kappa shape index (κ2) is 18.1. The van der Waals surface area contributed by atoms with E-state index in [0.717, 1.165) is 69.9 Å². The first-order valence-corrected chi connectivity index (χ1v) is 17.1. The van der Waals surface area contributed by atoms with Crippen molar-refractivity contribution in [2.75, 3.05) is 39.3 Å². The van der Waals surface area contributed by atoms with Gasteiger partial charge in [-0.15, -0.1) is 0 Å². The van der Waals surface area contributed by atoms with Crippen LogP contribution in [-0.2, 0) is 14.4 Å². The molecule has 0 radical (unpaired) electrons. The van der Waals surface area contributed by atoms with Crippen molar-refractivity contribution in [3.8, 4) is 0 Å². The number of carbonyl (C=O) groups is 3. The highest BCUT2D eigenvalue weighted by Gasteiger charge is 2.48. The third-order valence-corrected chi connectivity index (χ3v) is 10.0. The molecule has 8 heteroatoms. The van der Waals surface area contributed by atoms with Gasteiger partial charge in [0.2, 0.25) is 17.7 Å². The quantitative estimate of drug-likeness (QED) is 0.153. The number of hydrogen-bond acceptors (Lipinski definition) is 5. The van der Waals surface area contributed by atoms with E-state index in [-0.39, 0.29) is 29.6 Å². The summed E-state index contributed by atoms with van der Waals surface area (Å²) in [7, 11) is 0. The van der Waals surface area contributed by atoms with E-state index in [2.05, 4.69) is 27.8 Å². The number of nitrogens with zero attached hydrogens (tertiary/aromatic N) is 1. The molecular formula is C33H61N5O3. The molecule has 4 aliphatic carbocycles. The van der Waals surface area contributed by atoms with Gasteiger partial charge in [0, 0.05) is 44.1 Å². The number of amides is 3. The van der Waals surface area contributed by atoms with Crippen LogP contribution in [0.25, 0.3) is 0 Å². The maximum atomic E-state index is 13.3. The number of unbranched alkanes of at least 4 members (excludes halogenated alkanes) is 3. The predicted octanol–water partition coefficient (Wildman–Crippen LogP) is 4.22. The van der Waals surface area contributed by atoms with Gasteiger partial charge in [-0.1, -0.05) is 46.5 Å². The zero-order valence-electron chi connectivity index (χ0n) is 26.4. The third kappa shape index (κ3) is 11.5. The second-order valence-electron chi connectivity index (χ2n) is 13.7. The summed E-state index contributed by atoms with van der Waals surface area (Å²) in [5, 5.41) is 9.64. The molecular weight excluding hydrogens is 514 g/mol. The van der Waals surface area contributed by atoms with Crippen LogP contribution in [0.1, 0.15) is 111 Å². The smallest absolute Gasteiger partial charge is 0.234 e. The van der Waals surface area contributed by atoms with Crippen molar-refractivity contribution in [3.05, 3.63) is 0 Å². The molecule has 4 saturated carbocycles. The molecule has 0 saturated heterocycles. The molecule has 0 aromatic heterocycles. The topological polar surface area (TPSA) is 117 Å². The Morgan fingerprint density at radius 2 is 1.27 bits per heavy atom. The van der Waals surface area contributed by atoms with Crippen LogP contribution >= 0.6 is 0 Å². The monoisotopic (exact) mass is 575 g/mol. The third-order valence-electron chi connectivity index (χ3n) is 10.0. The predicted molar refractivity (Wildman–Crippen MR) is 166 cm³/mol. The molecule has 2 atom stereocenters. The molecule has 1 unspecified atom stereocenters. The first-order valence-electron chi connectivity index (χ1n) is 17.1. The molecule has 8 nitrogen and oxygen atoms in total. The SMILES string of the molecule is CCCCCC(C)C(=O)NCCCN(CCCNC(=O)[C@@H](C)CCCCN)CC(=O)NC1C2CC3CC(C2)CC1C3. The number of carbonyl (C=O) groups excluding carboxylic acids is 3. The lowest BCUT2D eigenvalue weighted by atomic mass is 9.54. The van der Waals surface area contributed by atoms with E-state index in [4.69, 9.17) is 5.73 Å². The van der Waals surface area contributed by atoms with Crippen LogP contribution in [0, 0.1) is 35.5 Å². The molecule has 5 N–H and O–H groups in total. The fraction of sp³-hybridized carbons (Fsp3) is 0.909. The van der Waals surface area contributed by atoms with Gasteiger partial charge < -0.3 is 21.7 Å². The molecule has 0 aromatic carbocycles.